The zero-order chi connectivity index (χ0) is 73.0. The molecule has 0 fully saturated rings. The third kappa shape index (κ3) is 74.1. The van der Waals surface area contributed by atoms with Crippen molar-refractivity contribution in [1.82, 2.24) is 0 Å². The SMILES string of the molecule is CCCCC/C=C\C/C=C\CCCCCCCC(=O)OC[C@H](COP(=O)(O)OC[C@H](O)COP(=O)(O)OC[C@@H](COC(=O)CCCCCCC/C=C\C/C=C\CCCCC)OC(=O)CCCCCCC/C=C\C/C=C\CCCCC)OCCCCCCCCC/C=C\CCCCCCC=O. The monoisotopic (exact) mass is 1450 g/mol. The summed E-state index contributed by atoms with van der Waals surface area (Å²) in [5, 5.41) is 10.6. The van der Waals surface area contributed by atoms with E-state index in [1.54, 1.807) is 0 Å². The maximum Gasteiger partial charge on any atom is 0.472 e. The van der Waals surface area contributed by atoms with E-state index in [1.807, 2.05) is 0 Å². The van der Waals surface area contributed by atoms with E-state index in [-0.39, 0.29) is 25.9 Å². The van der Waals surface area contributed by atoms with Crippen molar-refractivity contribution in [3.05, 3.63) is 85.1 Å². The van der Waals surface area contributed by atoms with Gasteiger partial charge in [0.05, 0.1) is 26.4 Å². The van der Waals surface area contributed by atoms with Crippen molar-refractivity contribution in [2.24, 2.45) is 0 Å². The van der Waals surface area contributed by atoms with Crippen LogP contribution in [0.15, 0.2) is 85.1 Å². The van der Waals surface area contributed by atoms with Crippen molar-refractivity contribution < 1.29 is 80.2 Å². The van der Waals surface area contributed by atoms with Crippen LogP contribution in [0, 0.1) is 0 Å². The van der Waals surface area contributed by atoms with E-state index in [9.17, 15) is 43.2 Å². The normalized spacial score (nSPS) is 14.4. The van der Waals surface area contributed by atoms with E-state index in [4.69, 9.17) is 37.0 Å². The van der Waals surface area contributed by atoms with Crippen molar-refractivity contribution in [3.8, 4) is 0 Å². The molecule has 0 aliphatic carbocycles. The molecule has 3 N–H and O–H groups in total. The molecule has 0 bridgehead atoms. The summed E-state index contributed by atoms with van der Waals surface area (Å²) in [6.45, 7) is 3.44. The second-order valence-corrected chi connectivity index (χ2v) is 29.5. The van der Waals surface area contributed by atoms with Crippen LogP contribution in [0.3, 0.4) is 0 Å². The zero-order valence-electron chi connectivity index (χ0n) is 63.1. The molecule has 0 aromatic rings. The van der Waals surface area contributed by atoms with Gasteiger partial charge in [-0.05, 0) is 154 Å². The Hall–Kier alpha value is -3.60. The van der Waals surface area contributed by atoms with E-state index in [2.05, 4.69) is 106 Å². The van der Waals surface area contributed by atoms with E-state index >= 15 is 0 Å². The number of aldehydes is 1. The van der Waals surface area contributed by atoms with E-state index in [1.165, 1.54) is 57.8 Å². The molecule has 19 heteroatoms. The van der Waals surface area contributed by atoms with Gasteiger partial charge in [0, 0.05) is 32.3 Å². The molecule has 0 saturated carbocycles. The molecule has 0 aromatic heterocycles. The number of aliphatic hydroxyl groups excluding tert-OH is 1. The second kappa shape index (κ2) is 75.1. The van der Waals surface area contributed by atoms with Gasteiger partial charge in [-0.2, -0.15) is 0 Å². The number of hydrogen-bond donors (Lipinski definition) is 3. The topological polar surface area (TPSA) is 237 Å². The Balaban J connectivity index is 5.30. The molecule has 5 atom stereocenters. The minimum absolute atomic E-state index is 0.0884. The molecule has 0 rings (SSSR count). The average molecular weight is 1450 g/mol. The Morgan fingerprint density at radius 1 is 0.320 bits per heavy atom. The van der Waals surface area contributed by atoms with Gasteiger partial charge in [0.1, 0.15) is 31.7 Å². The van der Waals surface area contributed by atoms with Crippen LogP contribution in [-0.2, 0) is 65.4 Å². The molecule has 580 valence electrons. The van der Waals surface area contributed by atoms with Gasteiger partial charge in [-0.3, -0.25) is 32.5 Å². The van der Waals surface area contributed by atoms with Gasteiger partial charge in [-0.15, -0.1) is 0 Å². The summed E-state index contributed by atoms with van der Waals surface area (Å²) in [7, 11) is -9.81. The first-order valence-electron chi connectivity index (χ1n) is 39.8. The number of carbonyl (C=O) groups excluding carboxylic acids is 4. The standard InChI is InChI=1S/C81H144O17P2/c1-4-7-10-13-16-19-22-25-30-35-40-45-50-55-60-65-79(84)92-72-77(91-69-64-59-54-49-44-39-34-29-28-33-38-43-48-53-58-63-68-82)74-96-99(87,88)94-70-76(83)71-95-100(89,90)97-75-78(98-81(86)67-62-57-52-47-42-37-32-27-24-21-18-15-12-9-6-3)73-93-80(85)66-61-56-51-46-41-36-31-26-23-20-17-14-11-8-5-2/h16-21,25-28,30-33,68,76-78,83H,4-15,22-24,29,34-67,69-75H2,1-3H3,(H,87,88)(H,89,90)/b19-16-,20-17-,21-18-,30-25-,31-26-,32-27-,33-28-/t76-,77+,78+/m0/s1. The molecule has 0 aromatic carbocycles. The third-order valence-corrected chi connectivity index (χ3v) is 18.7. The summed E-state index contributed by atoms with van der Waals surface area (Å²) < 4.78 is 69.3. The largest absolute Gasteiger partial charge is 0.472 e. The molecule has 0 heterocycles. The number of ether oxygens (including phenoxy) is 4. The summed E-state index contributed by atoms with van der Waals surface area (Å²) >= 11 is 0. The van der Waals surface area contributed by atoms with Gasteiger partial charge < -0.3 is 38.6 Å². The highest BCUT2D eigenvalue weighted by molar-refractivity contribution is 7.47. The van der Waals surface area contributed by atoms with E-state index in [0.717, 1.165) is 225 Å². The van der Waals surface area contributed by atoms with Crippen molar-refractivity contribution in [2.75, 3.05) is 46.2 Å². The zero-order valence-corrected chi connectivity index (χ0v) is 64.9. The number of hydrogen-bond acceptors (Lipinski definition) is 15. The van der Waals surface area contributed by atoms with Crippen LogP contribution in [0.1, 0.15) is 342 Å². The van der Waals surface area contributed by atoms with Gasteiger partial charge >= 0.3 is 33.6 Å². The van der Waals surface area contributed by atoms with Gasteiger partial charge in [0.2, 0.25) is 0 Å². The number of unbranched alkanes of at least 4 members (excludes halogenated alkanes) is 36. The molecule has 2 unspecified atom stereocenters. The Morgan fingerprint density at radius 3 is 0.940 bits per heavy atom. The van der Waals surface area contributed by atoms with Crippen LogP contribution in [0.25, 0.3) is 0 Å². The molecular formula is C81H144O17P2. The van der Waals surface area contributed by atoms with Gasteiger partial charge in [-0.1, -0.05) is 247 Å². The lowest BCUT2D eigenvalue weighted by Crippen LogP contribution is -2.30. The fraction of sp³-hybridized carbons (Fsp3) is 0.778. The van der Waals surface area contributed by atoms with Crippen molar-refractivity contribution in [3.63, 3.8) is 0 Å². The summed E-state index contributed by atoms with van der Waals surface area (Å²) in [6.07, 6.45) is 77.6. The minimum Gasteiger partial charge on any atom is -0.463 e. The Labute approximate surface area is 608 Å². The summed E-state index contributed by atoms with van der Waals surface area (Å²) in [5.41, 5.74) is 0. The van der Waals surface area contributed by atoms with Crippen LogP contribution >= 0.6 is 15.6 Å². The predicted octanol–water partition coefficient (Wildman–Crippen LogP) is 22.7. The highest BCUT2D eigenvalue weighted by atomic mass is 31.2. The lowest BCUT2D eigenvalue weighted by Gasteiger charge is -2.21. The number of phosphoric acid groups is 2. The number of carbonyl (C=O) groups is 4. The lowest BCUT2D eigenvalue weighted by molar-refractivity contribution is -0.161. The number of esters is 3. The van der Waals surface area contributed by atoms with Crippen LogP contribution in [0.5, 0.6) is 0 Å². The van der Waals surface area contributed by atoms with Crippen molar-refractivity contribution in [1.29, 1.82) is 0 Å². The highest BCUT2D eigenvalue weighted by Gasteiger charge is 2.30. The number of phosphoric ester groups is 2. The molecule has 0 amide bonds. The molecule has 0 spiro atoms. The molecule has 100 heavy (non-hydrogen) atoms. The van der Waals surface area contributed by atoms with Gasteiger partial charge in [0.25, 0.3) is 0 Å². The summed E-state index contributed by atoms with van der Waals surface area (Å²) in [6, 6.07) is 0. The van der Waals surface area contributed by atoms with Gasteiger partial charge in [0.15, 0.2) is 6.10 Å². The molecule has 0 aliphatic heterocycles. The van der Waals surface area contributed by atoms with Crippen LogP contribution in [-0.4, -0.2) is 104 Å². The Bertz CT molecular complexity index is 2190. The summed E-state index contributed by atoms with van der Waals surface area (Å²) in [4.78, 5) is 70.4. The third-order valence-electron chi connectivity index (χ3n) is 16.8. The molecule has 0 radical (unpaired) electrons. The smallest absolute Gasteiger partial charge is 0.463 e. The first-order valence-corrected chi connectivity index (χ1v) is 42.8. The lowest BCUT2D eigenvalue weighted by atomic mass is 10.1. The average Bonchev–Trinajstić information content (AvgIpc) is 0.997. The fourth-order valence-electron chi connectivity index (χ4n) is 10.7. The number of allylic oxidation sites excluding steroid dienone is 14. The molecule has 17 nitrogen and oxygen atoms in total. The Kier molecular flexibility index (Phi) is 72.4. The van der Waals surface area contributed by atoms with Crippen LogP contribution < -0.4 is 0 Å². The highest BCUT2D eigenvalue weighted by Crippen LogP contribution is 2.45. The molecule has 0 aliphatic rings. The minimum atomic E-state index is -4.95. The molecular weight excluding hydrogens is 1310 g/mol. The van der Waals surface area contributed by atoms with E-state index in [0.29, 0.717) is 32.3 Å². The van der Waals surface area contributed by atoms with E-state index < -0.39 is 84.9 Å². The van der Waals surface area contributed by atoms with Crippen LogP contribution in [0.4, 0.5) is 0 Å². The molecule has 0 saturated heterocycles. The number of rotatable bonds is 77. The first-order chi connectivity index (χ1) is 48.8. The summed E-state index contributed by atoms with van der Waals surface area (Å²) in [5.74, 6) is -1.49. The van der Waals surface area contributed by atoms with Crippen molar-refractivity contribution in [2.45, 2.75) is 360 Å². The maximum atomic E-state index is 13.1. The van der Waals surface area contributed by atoms with Crippen molar-refractivity contribution >= 4 is 39.8 Å². The first kappa shape index (κ1) is 96.4. The fourth-order valence-corrected chi connectivity index (χ4v) is 12.3. The van der Waals surface area contributed by atoms with Gasteiger partial charge in [-0.25, -0.2) is 9.13 Å². The second-order valence-electron chi connectivity index (χ2n) is 26.6. The van der Waals surface area contributed by atoms with Crippen LogP contribution in [0.2, 0.25) is 0 Å². The quantitative estimate of drug-likeness (QED) is 0.0128. The maximum absolute atomic E-state index is 13.1. The number of aliphatic hydroxyl groups is 1. The Morgan fingerprint density at radius 2 is 0.590 bits per heavy atom. The predicted molar refractivity (Wildman–Crippen MR) is 409 cm³/mol.